The van der Waals surface area contributed by atoms with Crippen LogP contribution in [0.4, 0.5) is 0 Å². The van der Waals surface area contributed by atoms with Crippen LogP contribution in [0.1, 0.15) is 58.8 Å². The van der Waals surface area contributed by atoms with Crippen molar-refractivity contribution in [1.29, 1.82) is 0 Å². The summed E-state index contributed by atoms with van der Waals surface area (Å²) < 4.78 is 0. The van der Waals surface area contributed by atoms with Crippen LogP contribution in [-0.2, 0) is 0 Å². The number of rotatable bonds is 3. The maximum absolute atomic E-state index is 2.82. The average Bonchev–Trinajstić information content (AvgIpc) is 2.87. The minimum absolute atomic E-state index is 0.790. The Labute approximate surface area is 119 Å². The van der Waals surface area contributed by atoms with Gasteiger partial charge in [0.05, 0.1) is 0 Å². The van der Waals surface area contributed by atoms with Crippen molar-refractivity contribution in [3.05, 3.63) is 0 Å². The lowest BCUT2D eigenvalue weighted by Gasteiger charge is -2.44. The van der Waals surface area contributed by atoms with Crippen LogP contribution in [-0.4, -0.2) is 48.1 Å². The van der Waals surface area contributed by atoms with Crippen LogP contribution < -0.4 is 0 Å². The highest BCUT2D eigenvalue weighted by atomic mass is 15.3. The second-order valence-corrected chi connectivity index (χ2v) is 7.39. The molecular weight excluding hydrogens is 232 g/mol. The molecule has 0 spiro atoms. The molecule has 110 valence electrons. The molecule has 0 bridgehead atoms. The van der Waals surface area contributed by atoms with Gasteiger partial charge in [-0.25, -0.2) is 0 Å². The van der Waals surface area contributed by atoms with Crippen LogP contribution >= 0.6 is 0 Å². The molecule has 0 aromatic heterocycles. The van der Waals surface area contributed by atoms with Crippen LogP contribution in [0.15, 0.2) is 0 Å². The Morgan fingerprint density at radius 1 is 0.947 bits per heavy atom. The fourth-order valence-corrected chi connectivity index (χ4v) is 4.66. The quantitative estimate of drug-likeness (QED) is 0.771. The summed E-state index contributed by atoms with van der Waals surface area (Å²) in [6.45, 7) is 10.3. The third-order valence-corrected chi connectivity index (χ3v) is 6.10. The van der Waals surface area contributed by atoms with Gasteiger partial charge in [-0.3, -0.25) is 9.80 Å². The summed E-state index contributed by atoms with van der Waals surface area (Å²) in [5, 5.41) is 0. The van der Waals surface area contributed by atoms with Crippen LogP contribution in [0, 0.1) is 11.8 Å². The molecule has 3 fully saturated rings. The number of hydrogen-bond acceptors (Lipinski definition) is 2. The molecule has 2 nitrogen and oxygen atoms in total. The van der Waals surface area contributed by atoms with Crippen molar-refractivity contribution in [1.82, 2.24) is 9.80 Å². The monoisotopic (exact) mass is 264 g/mol. The van der Waals surface area contributed by atoms with E-state index in [1.165, 1.54) is 71.1 Å². The Bertz CT molecular complexity index is 283. The Morgan fingerprint density at radius 2 is 1.68 bits per heavy atom. The summed E-state index contributed by atoms with van der Waals surface area (Å²) in [6.07, 6.45) is 10.3. The molecule has 19 heavy (non-hydrogen) atoms. The van der Waals surface area contributed by atoms with E-state index in [0.717, 1.165) is 23.9 Å². The molecule has 1 aliphatic carbocycles. The highest BCUT2D eigenvalue weighted by Crippen LogP contribution is 2.32. The van der Waals surface area contributed by atoms with Gasteiger partial charge in [0.25, 0.3) is 0 Å². The van der Waals surface area contributed by atoms with Gasteiger partial charge in [-0.15, -0.1) is 0 Å². The van der Waals surface area contributed by atoms with Gasteiger partial charge in [0.2, 0.25) is 0 Å². The van der Waals surface area contributed by atoms with E-state index in [1.807, 2.05) is 0 Å². The Kier molecular flexibility index (Phi) is 4.48. The van der Waals surface area contributed by atoms with Gasteiger partial charge in [-0.1, -0.05) is 26.2 Å². The normalized spacial score (nSPS) is 41.4. The molecule has 2 unspecified atom stereocenters. The van der Waals surface area contributed by atoms with Crippen molar-refractivity contribution >= 4 is 0 Å². The van der Waals surface area contributed by atoms with Gasteiger partial charge in [0, 0.05) is 31.7 Å². The van der Waals surface area contributed by atoms with Crippen molar-refractivity contribution in [2.75, 3.05) is 26.2 Å². The molecule has 2 saturated heterocycles. The zero-order valence-electron chi connectivity index (χ0n) is 13.0. The second kappa shape index (κ2) is 6.13. The lowest BCUT2D eigenvalue weighted by molar-refractivity contribution is 0.0409. The molecule has 0 N–H and O–H groups in total. The SMILES string of the molecule is CCC1CCC(CN2CC3CCCN3CC2C)CC1. The third-order valence-electron chi connectivity index (χ3n) is 6.10. The number of nitrogens with zero attached hydrogens (tertiary/aromatic N) is 2. The molecule has 0 amide bonds. The molecular formula is C17H32N2. The molecule has 3 aliphatic rings. The molecule has 2 aliphatic heterocycles. The van der Waals surface area contributed by atoms with E-state index in [2.05, 4.69) is 23.6 Å². The fraction of sp³-hybridized carbons (Fsp3) is 1.00. The predicted molar refractivity (Wildman–Crippen MR) is 81.4 cm³/mol. The lowest BCUT2D eigenvalue weighted by Crippen LogP contribution is -2.55. The number of fused-ring (bicyclic) bond motifs is 1. The first-order valence-corrected chi connectivity index (χ1v) is 8.74. The molecule has 0 aromatic rings. The first-order chi connectivity index (χ1) is 9.26. The molecule has 2 heteroatoms. The van der Waals surface area contributed by atoms with E-state index in [9.17, 15) is 0 Å². The highest BCUT2D eigenvalue weighted by Gasteiger charge is 2.35. The summed E-state index contributed by atoms with van der Waals surface area (Å²) in [4.78, 5) is 5.57. The topological polar surface area (TPSA) is 6.48 Å². The van der Waals surface area contributed by atoms with E-state index in [0.29, 0.717) is 0 Å². The van der Waals surface area contributed by atoms with E-state index in [1.54, 1.807) is 0 Å². The van der Waals surface area contributed by atoms with E-state index in [4.69, 9.17) is 0 Å². The van der Waals surface area contributed by atoms with Gasteiger partial charge in [0.15, 0.2) is 0 Å². The van der Waals surface area contributed by atoms with Crippen LogP contribution in [0.25, 0.3) is 0 Å². The molecule has 3 rings (SSSR count). The van der Waals surface area contributed by atoms with Gasteiger partial charge >= 0.3 is 0 Å². The van der Waals surface area contributed by atoms with Crippen molar-refractivity contribution in [3.63, 3.8) is 0 Å². The maximum atomic E-state index is 2.82. The largest absolute Gasteiger partial charge is 0.298 e. The van der Waals surface area contributed by atoms with Crippen molar-refractivity contribution in [2.45, 2.75) is 70.9 Å². The number of piperazine rings is 1. The first kappa shape index (κ1) is 13.9. The van der Waals surface area contributed by atoms with Crippen LogP contribution in [0.5, 0.6) is 0 Å². The lowest BCUT2D eigenvalue weighted by atomic mass is 9.80. The van der Waals surface area contributed by atoms with Crippen molar-refractivity contribution < 1.29 is 0 Å². The minimum Gasteiger partial charge on any atom is -0.298 e. The predicted octanol–water partition coefficient (Wildman–Crippen LogP) is 3.37. The Hall–Kier alpha value is -0.0800. The van der Waals surface area contributed by atoms with Crippen LogP contribution in [0.3, 0.4) is 0 Å². The maximum Gasteiger partial charge on any atom is 0.0224 e. The zero-order chi connectivity index (χ0) is 13.2. The van der Waals surface area contributed by atoms with Crippen LogP contribution in [0.2, 0.25) is 0 Å². The molecule has 0 aromatic carbocycles. The molecule has 0 radical (unpaired) electrons. The third kappa shape index (κ3) is 3.16. The van der Waals surface area contributed by atoms with Gasteiger partial charge < -0.3 is 0 Å². The standard InChI is InChI=1S/C17H32N2/c1-3-15-6-8-16(9-7-15)12-19-13-17-5-4-10-18(17)11-14(19)2/h14-17H,3-13H2,1-2H3. The fourth-order valence-electron chi connectivity index (χ4n) is 4.66. The van der Waals surface area contributed by atoms with Gasteiger partial charge in [0.1, 0.15) is 0 Å². The van der Waals surface area contributed by atoms with Gasteiger partial charge in [-0.2, -0.15) is 0 Å². The van der Waals surface area contributed by atoms with Crippen molar-refractivity contribution in [3.8, 4) is 0 Å². The second-order valence-electron chi connectivity index (χ2n) is 7.39. The summed E-state index contributed by atoms with van der Waals surface area (Å²) in [5.74, 6) is 2.04. The van der Waals surface area contributed by atoms with E-state index < -0.39 is 0 Å². The van der Waals surface area contributed by atoms with Crippen molar-refractivity contribution in [2.24, 2.45) is 11.8 Å². The summed E-state index contributed by atoms with van der Waals surface area (Å²) >= 11 is 0. The summed E-state index contributed by atoms with van der Waals surface area (Å²) in [5.41, 5.74) is 0. The highest BCUT2D eigenvalue weighted by molar-refractivity contribution is 4.91. The van der Waals surface area contributed by atoms with E-state index in [-0.39, 0.29) is 0 Å². The Balaban J connectivity index is 1.49. The average molecular weight is 264 g/mol. The smallest absolute Gasteiger partial charge is 0.0224 e. The van der Waals surface area contributed by atoms with Gasteiger partial charge in [-0.05, 0) is 51.0 Å². The molecule has 1 saturated carbocycles. The molecule has 2 atom stereocenters. The number of hydrogen-bond donors (Lipinski definition) is 0. The molecule has 2 heterocycles. The minimum atomic E-state index is 0.790. The Morgan fingerprint density at radius 3 is 2.42 bits per heavy atom. The zero-order valence-corrected chi connectivity index (χ0v) is 13.0. The summed E-state index contributed by atoms with van der Waals surface area (Å²) in [6, 6.07) is 1.68. The summed E-state index contributed by atoms with van der Waals surface area (Å²) in [7, 11) is 0. The van der Waals surface area contributed by atoms with E-state index >= 15 is 0 Å². The first-order valence-electron chi connectivity index (χ1n) is 8.74.